The zero-order valence-electron chi connectivity index (χ0n) is 11.3. The van der Waals surface area contributed by atoms with E-state index >= 15 is 0 Å². The largest absolute Gasteiger partial charge is 0.332 e. The standard InChI is InChI=1S/C12H22N4O2S/c1-2-10-14-7-11(16-10)19(17,18)15-9-12(8-13)5-3-4-6-12/h7,15H,2-6,8-9,13H2,1H3,(H,14,16). The van der Waals surface area contributed by atoms with Crippen LogP contribution < -0.4 is 10.5 Å². The Morgan fingerprint density at radius 1 is 1.47 bits per heavy atom. The highest BCUT2D eigenvalue weighted by Gasteiger charge is 2.34. The molecule has 108 valence electrons. The third-order valence-electron chi connectivity index (χ3n) is 3.96. The molecule has 19 heavy (non-hydrogen) atoms. The van der Waals surface area contributed by atoms with Crippen LogP contribution in [0.15, 0.2) is 11.2 Å². The molecule has 1 heterocycles. The van der Waals surface area contributed by atoms with Crippen molar-refractivity contribution in [2.24, 2.45) is 11.1 Å². The van der Waals surface area contributed by atoms with Crippen LogP contribution in [0.2, 0.25) is 0 Å². The van der Waals surface area contributed by atoms with Gasteiger partial charge >= 0.3 is 0 Å². The van der Waals surface area contributed by atoms with Crippen molar-refractivity contribution in [2.45, 2.75) is 44.1 Å². The predicted molar refractivity (Wildman–Crippen MR) is 73.1 cm³/mol. The van der Waals surface area contributed by atoms with E-state index in [1.807, 2.05) is 6.92 Å². The second-order valence-corrected chi connectivity index (χ2v) is 7.02. The minimum Gasteiger partial charge on any atom is -0.332 e. The number of hydrogen-bond donors (Lipinski definition) is 3. The zero-order chi connectivity index (χ0) is 13.9. The number of aromatic nitrogens is 2. The number of nitrogens with one attached hydrogen (secondary N) is 2. The molecule has 6 nitrogen and oxygen atoms in total. The molecule has 0 amide bonds. The van der Waals surface area contributed by atoms with E-state index in [-0.39, 0.29) is 10.4 Å². The Morgan fingerprint density at radius 3 is 2.68 bits per heavy atom. The Bertz CT molecular complexity index is 518. The fraction of sp³-hybridized carbons (Fsp3) is 0.750. The highest BCUT2D eigenvalue weighted by Crippen LogP contribution is 2.36. The Morgan fingerprint density at radius 2 is 2.16 bits per heavy atom. The Hall–Kier alpha value is -0.920. The van der Waals surface area contributed by atoms with Gasteiger partial charge in [-0.15, -0.1) is 0 Å². The van der Waals surface area contributed by atoms with E-state index in [2.05, 4.69) is 14.7 Å². The van der Waals surface area contributed by atoms with E-state index < -0.39 is 10.0 Å². The average molecular weight is 286 g/mol. The molecule has 7 heteroatoms. The molecule has 0 spiro atoms. The SMILES string of the molecule is CCc1ncc(S(=O)(=O)NCC2(CN)CCCC2)[nH]1. The summed E-state index contributed by atoms with van der Waals surface area (Å²) in [5.74, 6) is 0.676. The minimum atomic E-state index is -3.51. The second-order valence-electron chi connectivity index (χ2n) is 5.28. The van der Waals surface area contributed by atoms with E-state index in [0.29, 0.717) is 25.3 Å². The summed E-state index contributed by atoms with van der Waals surface area (Å²) >= 11 is 0. The lowest BCUT2D eigenvalue weighted by molar-refractivity contribution is 0.309. The number of aromatic amines is 1. The van der Waals surface area contributed by atoms with Crippen molar-refractivity contribution in [1.82, 2.24) is 14.7 Å². The van der Waals surface area contributed by atoms with Gasteiger partial charge < -0.3 is 10.7 Å². The minimum absolute atomic E-state index is 0.0688. The first kappa shape index (κ1) is 14.5. The highest BCUT2D eigenvalue weighted by atomic mass is 32.2. The number of H-pyrrole nitrogens is 1. The van der Waals surface area contributed by atoms with Gasteiger partial charge in [0.2, 0.25) is 0 Å². The normalized spacial score (nSPS) is 18.8. The second kappa shape index (κ2) is 5.60. The van der Waals surface area contributed by atoms with Gasteiger partial charge in [0.25, 0.3) is 10.0 Å². The maximum absolute atomic E-state index is 12.2. The lowest BCUT2D eigenvalue weighted by atomic mass is 9.87. The van der Waals surface area contributed by atoms with Crippen LogP contribution in [-0.4, -0.2) is 31.5 Å². The summed E-state index contributed by atoms with van der Waals surface area (Å²) in [5.41, 5.74) is 5.74. The van der Waals surface area contributed by atoms with Gasteiger partial charge in [-0.2, -0.15) is 0 Å². The van der Waals surface area contributed by atoms with Crippen LogP contribution in [0, 0.1) is 5.41 Å². The molecular weight excluding hydrogens is 264 g/mol. The lowest BCUT2D eigenvalue weighted by Gasteiger charge is -2.26. The predicted octanol–water partition coefficient (Wildman–Crippen LogP) is 0.769. The van der Waals surface area contributed by atoms with Gasteiger partial charge in [0.15, 0.2) is 5.03 Å². The number of imidazole rings is 1. The summed E-state index contributed by atoms with van der Waals surface area (Å²) in [6.45, 7) is 2.86. The molecule has 1 aromatic rings. The fourth-order valence-corrected chi connectivity index (χ4v) is 3.66. The quantitative estimate of drug-likeness (QED) is 0.719. The van der Waals surface area contributed by atoms with E-state index in [1.54, 1.807) is 0 Å². The molecular formula is C12H22N4O2S. The topological polar surface area (TPSA) is 101 Å². The van der Waals surface area contributed by atoms with Gasteiger partial charge in [-0.25, -0.2) is 18.1 Å². The van der Waals surface area contributed by atoms with E-state index in [0.717, 1.165) is 25.7 Å². The lowest BCUT2D eigenvalue weighted by Crippen LogP contribution is -2.40. The van der Waals surface area contributed by atoms with Gasteiger partial charge in [0, 0.05) is 13.0 Å². The smallest absolute Gasteiger partial charge is 0.257 e. The molecule has 2 rings (SSSR count). The zero-order valence-corrected chi connectivity index (χ0v) is 12.1. The van der Waals surface area contributed by atoms with Crippen LogP contribution >= 0.6 is 0 Å². The van der Waals surface area contributed by atoms with Crippen LogP contribution in [0.5, 0.6) is 0 Å². The van der Waals surface area contributed by atoms with Crippen LogP contribution in [0.4, 0.5) is 0 Å². The maximum atomic E-state index is 12.2. The van der Waals surface area contributed by atoms with Gasteiger partial charge in [-0.1, -0.05) is 19.8 Å². The molecule has 1 aromatic heterocycles. The molecule has 0 atom stereocenters. The first-order valence-electron chi connectivity index (χ1n) is 6.75. The molecule has 0 saturated heterocycles. The van der Waals surface area contributed by atoms with Gasteiger partial charge in [0.05, 0.1) is 6.20 Å². The van der Waals surface area contributed by atoms with E-state index in [9.17, 15) is 8.42 Å². The molecule has 0 aliphatic heterocycles. The summed E-state index contributed by atoms with van der Waals surface area (Å²) in [5, 5.41) is 0.134. The highest BCUT2D eigenvalue weighted by molar-refractivity contribution is 7.89. The Kier molecular flexibility index (Phi) is 4.27. The van der Waals surface area contributed by atoms with Crippen molar-refractivity contribution in [1.29, 1.82) is 0 Å². The van der Waals surface area contributed by atoms with Crippen molar-refractivity contribution >= 4 is 10.0 Å². The molecule has 4 N–H and O–H groups in total. The first-order chi connectivity index (χ1) is 9.01. The summed E-state index contributed by atoms with van der Waals surface area (Å²) in [6, 6.07) is 0. The molecule has 0 unspecified atom stereocenters. The van der Waals surface area contributed by atoms with Gasteiger partial charge in [0.1, 0.15) is 5.82 Å². The molecule has 1 saturated carbocycles. The Labute approximate surface area is 114 Å². The Balaban J connectivity index is 2.05. The number of nitrogens with two attached hydrogens (primary N) is 1. The number of rotatable bonds is 6. The van der Waals surface area contributed by atoms with Crippen LogP contribution in [0.3, 0.4) is 0 Å². The van der Waals surface area contributed by atoms with Crippen molar-refractivity contribution in [3.8, 4) is 0 Å². The summed E-state index contributed by atoms with van der Waals surface area (Å²) in [7, 11) is -3.51. The number of hydrogen-bond acceptors (Lipinski definition) is 4. The number of sulfonamides is 1. The fourth-order valence-electron chi connectivity index (χ4n) is 2.56. The monoisotopic (exact) mass is 286 g/mol. The molecule has 0 radical (unpaired) electrons. The van der Waals surface area contributed by atoms with Crippen molar-refractivity contribution in [3.63, 3.8) is 0 Å². The molecule has 1 aliphatic carbocycles. The average Bonchev–Trinajstić information content (AvgIpc) is 3.06. The summed E-state index contributed by atoms with van der Waals surface area (Å²) in [6.07, 6.45) is 6.30. The summed E-state index contributed by atoms with van der Waals surface area (Å²) in [4.78, 5) is 6.84. The van der Waals surface area contributed by atoms with E-state index in [1.165, 1.54) is 6.20 Å². The third kappa shape index (κ3) is 3.16. The molecule has 0 aromatic carbocycles. The van der Waals surface area contributed by atoms with Crippen LogP contribution in [0.1, 0.15) is 38.4 Å². The van der Waals surface area contributed by atoms with Crippen LogP contribution in [0.25, 0.3) is 0 Å². The third-order valence-corrected chi connectivity index (χ3v) is 5.27. The first-order valence-corrected chi connectivity index (χ1v) is 8.23. The number of aryl methyl sites for hydroxylation is 1. The van der Waals surface area contributed by atoms with Crippen LogP contribution in [-0.2, 0) is 16.4 Å². The van der Waals surface area contributed by atoms with Crippen molar-refractivity contribution < 1.29 is 8.42 Å². The van der Waals surface area contributed by atoms with E-state index in [4.69, 9.17) is 5.73 Å². The molecule has 1 fully saturated rings. The van der Waals surface area contributed by atoms with Crippen molar-refractivity contribution in [3.05, 3.63) is 12.0 Å². The molecule has 1 aliphatic rings. The van der Waals surface area contributed by atoms with Crippen molar-refractivity contribution in [2.75, 3.05) is 13.1 Å². The summed E-state index contributed by atoms with van der Waals surface area (Å²) < 4.78 is 27.0. The van der Waals surface area contributed by atoms with Gasteiger partial charge in [-0.3, -0.25) is 0 Å². The number of nitrogens with zero attached hydrogens (tertiary/aromatic N) is 1. The molecule has 0 bridgehead atoms. The van der Waals surface area contributed by atoms with Gasteiger partial charge in [-0.05, 0) is 24.8 Å². The maximum Gasteiger partial charge on any atom is 0.257 e.